The number of anilines is 1. The van der Waals surface area contributed by atoms with Gasteiger partial charge in [-0.1, -0.05) is 23.7 Å². The van der Waals surface area contributed by atoms with E-state index in [0.29, 0.717) is 16.3 Å². The molecule has 0 heterocycles. The van der Waals surface area contributed by atoms with Crippen molar-refractivity contribution in [2.75, 3.05) is 11.9 Å². The zero-order chi connectivity index (χ0) is 19.1. The van der Waals surface area contributed by atoms with E-state index in [1.54, 1.807) is 37.3 Å². The molecular formula is C19H15ClN2O4. The van der Waals surface area contributed by atoms with E-state index in [-0.39, 0.29) is 18.1 Å². The standard InChI is InChI=1S/C19H15ClN2O4/c1-2-26-19(25)15(11-21)17(23)12-7-9-13(10-8-12)22-18(24)14-5-3-4-6-16(14)20/h3-10,23H,2H2,1H3,(H,22,24)/b17-15-. The quantitative estimate of drug-likeness (QED) is 0.359. The molecule has 0 spiro atoms. The Morgan fingerprint density at radius 1 is 1.19 bits per heavy atom. The summed E-state index contributed by atoms with van der Waals surface area (Å²) in [6.07, 6.45) is 0. The average Bonchev–Trinajstić information content (AvgIpc) is 2.63. The zero-order valence-electron chi connectivity index (χ0n) is 13.8. The van der Waals surface area contributed by atoms with Crippen molar-refractivity contribution in [3.63, 3.8) is 0 Å². The van der Waals surface area contributed by atoms with Crippen LogP contribution >= 0.6 is 11.6 Å². The third kappa shape index (κ3) is 4.41. The van der Waals surface area contributed by atoms with E-state index in [4.69, 9.17) is 21.6 Å². The van der Waals surface area contributed by atoms with Crippen LogP contribution in [0.3, 0.4) is 0 Å². The Balaban J connectivity index is 2.20. The molecule has 1 amide bonds. The maximum Gasteiger partial charge on any atom is 0.352 e. The Kier molecular flexibility index (Phi) is 6.36. The highest BCUT2D eigenvalue weighted by molar-refractivity contribution is 6.34. The summed E-state index contributed by atoms with van der Waals surface area (Å²) in [4.78, 5) is 23.9. The molecule has 2 aromatic carbocycles. The first-order valence-corrected chi connectivity index (χ1v) is 8.02. The van der Waals surface area contributed by atoms with Crippen molar-refractivity contribution in [1.29, 1.82) is 5.26 Å². The summed E-state index contributed by atoms with van der Waals surface area (Å²) in [5.74, 6) is -1.77. The van der Waals surface area contributed by atoms with Gasteiger partial charge >= 0.3 is 5.97 Å². The molecule has 0 saturated heterocycles. The maximum atomic E-state index is 12.2. The maximum absolute atomic E-state index is 12.2. The molecule has 2 N–H and O–H groups in total. The minimum Gasteiger partial charge on any atom is -0.506 e. The van der Waals surface area contributed by atoms with Crippen molar-refractivity contribution in [3.8, 4) is 6.07 Å². The van der Waals surface area contributed by atoms with Crippen LogP contribution in [-0.4, -0.2) is 23.6 Å². The van der Waals surface area contributed by atoms with E-state index in [2.05, 4.69) is 5.32 Å². The summed E-state index contributed by atoms with van der Waals surface area (Å²) >= 11 is 5.98. The fourth-order valence-electron chi connectivity index (χ4n) is 2.10. The fraction of sp³-hybridized carbons (Fsp3) is 0.105. The van der Waals surface area contributed by atoms with Crippen LogP contribution in [0.25, 0.3) is 5.76 Å². The Bertz CT molecular complexity index is 899. The number of nitrogens with one attached hydrogen (secondary N) is 1. The van der Waals surface area contributed by atoms with Crippen molar-refractivity contribution in [2.24, 2.45) is 0 Å². The summed E-state index contributed by atoms with van der Waals surface area (Å²) in [6, 6.07) is 14.2. The number of carbonyl (C=O) groups is 2. The number of nitriles is 1. The molecule has 0 fully saturated rings. The SMILES string of the molecule is CCOC(=O)/C(C#N)=C(\O)c1ccc(NC(=O)c2ccccc2Cl)cc1. The first-order chi connectivity index (χ1) is 12.5. The number of ether oxygens (including phenoxy) is 1. The molecule has 26 heavy (non-hydrogen) atoms. The number of amides is 1. The largest absolute Gasteiger partial charge is 0.506 e. The molecule has 0 saturated carbocycles. The van der Waals surface area contributed by atoms with Gasteiger partial charge in [-0.2, -0.15) is 5.26 Å². The van der Waals surface area contributed by atoms with E-state index >= 15 is 0 Å². The van der Waals surface area contributed by atoms with E-state index in [1.165, 1.54) is 24.3 Å². The number of halogens is 1. The number of hydrogen-bond donors (Lipinski definition) is 2. The monoisotopic (exact) mass is 370 g/mol. The van der Waals surface area contributed by atoms with Crippen LogP contribution in [0, 0.1) is 11.3 Å². The molecule has 0 unspecified atom stereocenters. The van der Waals surface area contributed by atoms with Crippen LogP contribution in [-0.2, 0) is 9.53 Å². The predicted octanol–water partition coefficient (Wildman–Crippen LogP) is 3.95. The molecule has 0 aliphatic rings. The first-order valence-electron chi connectivity index (χ1n) is 7.64. The van der Waals surface area contributed by atoms with Crippen molar-refractivity contribution in [2.45, 2.75) is 6.92 Å². The number of esters is 1. The Morgan fingerprint density at radius 2 is 1.85 bits per heavy atom. The normalized spacial score (nSPS) is 11.1. The van der Waals surface area contributed by atoms with Crippen molar-refractivity contribution < 1.29 is 19.4 Å². The minimum atomic E-state index is -0.899. The van der Waals surface area contributed by atoms with Crippen LogP contribution in [0.15, 0.2) is 54.1 Å². The number of aliphatic hydroxyl groups excluding tert-OH is 1. The van der Waals surface area contributed by atoms with Crippen molar-refractivity contribution in [1.82, 2.24) is 0 Å². The second-order valence-corrected chi connectivity index (χ2v) is 5.47. The van der Waals surface area contributed by atoms with Gasteiger partial charge in [0, 0.05) is 11.3 Å². The lowest BCUT2D eigenvalue weighted by molar-refractivity contribution is -0.138. The highest BCUT2D eigenvalue weighted by atomic mass is 35.5. The number of carbonyl (C=O) groups excluding carboxylic acids is 2. The predicted molar refractivity (Wildman–Crippen MR) is 97.6 cm³/mol. The number of benzene rings is 2. The lowest BCUT2D eigenvalue weighted by Gasteiger charge is -2.08. The summed E-state index contributed by atoms with van der Waals surface area (Å²) in [5, 5.41) is 22.2. The van der Waals surface area contributed by atoms with Crippen LogP contribution in [0.1, 0.15) is 22.8 Å². The number of hydrogen-bond acceptors (Lipinski definition) is 5. The van der Waals surface area contributed by atoms with Gasteiger partial charge in [0.2, 0.25) is 0 Å². The van der Waals surface area contributed by atoms with Gasteiger partial charge in [0.05, 0.1) is 17.2 Å². The Morgan fingerprint density at radius 3 is 2.42 bits per heavy atom. The second-order valence-electron chi connectivity index (χ2n) is 5.07. The van der Waals surface area contributed by atoms with Gasteiger partial charge in [-0.05, 0) is 43.3 Å². The summed E-state index contributed by atoms with van der Waals surface area (Å²) < 4.78 is 4.73. The van der Waals surface area contributed by atoms with Gasteiger partial charge in [0.1, 0.15) is 11.8 Å². The van der Waals surface area contributed by atoms with Gasteiger partial charge in [-0.3, -0.25) is 4.79 Å². The molecule has 0 bridgehead atoms. The van der Waals surface area contributed by atoms with Gasteiger partial charge in [0.15, 0.2) is 5.57 Å². The lowest BCUT2D eigenvalue weighted by atomic mass is 10.1. The van der Waals surface area contributed by atoms with E-state index in [1.807, 2.05) is 0 Å². The van der Waals surface area contributed by atoms with Crippen LogP contribution < -0.4 is 5.32 Å². The minimum absolute atomic E-state index is 0.0876. The molecule has 0 atom stereocenters. The van der Waals surface area contributed by atoms with Crippen LogP contribution in [0.2, 0.25) is 5.02 Å². The Hall–Kier alpha value is -3.30. The van der Waals surface area contributed by atoms with Gasteiger partial charge < -0.3 is 15.2 Å². The van der Waals surface area contributed by atoms with Crippen LogP contribution in [0.5, 0.6) is 0 Å². The fourth-order valence-corrected chi connectivity index (χ4v) is 2.32. The third-order valence-electron chi connectivity index (χ3n) is 3.36. The molecule has 6 nitrogen and oxygen atoms in total. The Labute approximate surface area is 155 Å². The number of rotatable bonds is 5. The van der Waals surface area contributed by atoms with Crippen LogP contribution in [0.4, 0.5) is 5.69 Å². The van der Waals surface area contributed by atoms with Crippen molar-refractivity contribution >= 4 is 34.9 Å². The summed E-state index contributed by atoms with van der Waals surface area (Å²) in [6.45, 7) is 1.69. The molecule has 0 aromatic heterocycles. The lowest BCUT2D eigenvalue weighted by Crippen LogP contribution is -2.12. The molecule has 0 aliphatic heterocycles. The summed E-state index contributed by atoms with van der Waals surface area (Å²) in [7, 11) is 0. The number of aliphatic hydroxyl groups is 1. The van der Waals surface area contributed by atoms with E-state index in [9.17, 15) is 14.7 Å². The second kappa shape index (κ2) is 8.70. The van der Waals surface area contributed by atoms with Gasteiger partial charge in [-0.15, -0.1) is 0 Å². The molecule has 132 valence electrons. The van der Waals surface area contributed by atoms with E-state index in [0.717, 1.165) is 0 Å². The smallest absolute Gasteiger partial charge is 0.352 e. The molecule has 2 rings (SSSR count). The first kappa shape index (κ1) is 19.0. The molecule has 7 heteroatoms. The third-order valence-corrected chi connectivity index (χ3v) is 3.69. The zero-order valence-corrected chi connectivity index (χ0v) is 14.6. The summed E-state index contributed by atoms with van der Waals surface area (Å²) in [5.41, 5.74) is 0.543. The molecular weight excluding hydrogens is 356 g/mol. The van der Waals surface area contributed by atoms with Gasteiger partial charge in [-0.25, -0.2) is 4.79 Å². The molecule has 2 aromatic rings. The molecule has 0 aliphatic carbocycles. The number of nitrogens with zero attached hydrogens (tertiary/aromatic N) is 1. The topological polar surface area (TPSA) is 99.4 Å². The van der Waals surface area contributed by atoms with E-state index < -0.39 is 17.3 Å². The van der Waals surface area contributed by atoms with Crippen molar-refractivity contribution in [3.05, 3.63) is 70.3 Å². The molecule has 0 radical (unpaired) electrons. The van der Waals surface area contributed by atoms with Gasteiger partial charge in [0.25, 0.3) is 5.91 Å². The average molecular weight is 371 g/mol. The highest BCUT2D eigenvalue weighted by Gasteiger charge is 2.18. The highest BCUT2D eigenvalue weighted by Crippen LogP contribution is 2.21.